The highest BCUT2D eigenvalue weighted by molar-refractivity contribution is 5.77. The standard InChI is InChI=1S/C14H19NO3/c1-2-12(11-7-4-3-5-8-11)15-13(16)9-6-10-14(17)18/h3-5,7-8,12H,2,6,9-10H2,1H3,(H,15,16)(H,17,18)/t12-/m1/s1. The molecule has 0 aromatic heterocycles. The summed E-state index contributed by atoms with van der Waals surface area (Å²) < 4.78 is 0. The van der Waals surface area contributed by atoms with Gasteiger partial charge in [-0.15, -0.1) is 0 Å². The zero-order chi connectivity index (χ0) is 13.4. The number of benzene rings is 1. The molecule has 0 radical (unpaired) electrons. The van der Waals surface area contributed by atoms with Crippen molar-refractivity contribution in [1.29, 1.82) is 0 Å². The zero-order valence-corrected chi connectivity index (χ0v) is 10.6. The van der Waals surface area contributed by atoms with Gasteiger partial charge < -0.3 is 10.4 Å². The molecule has 0 heterocycles. The average molecular weight is 249 g/mol. The minimum atomic E-state index is -0.863. The largest absolute Gasteiger partial charge is 0.481 e. The average Bonchev–Trinajstić information content (AvgIpc) is 2.36. The van der Waals surface area contributed by atoms with E-state index in [1.165, 1.54) is 0 Å². The van der Waals surface area contributed by atoms with Crippen molar-refractivity contribution >= 4 is 11.9 Å². The third-order valence-corrected chi connectivity index (χ3v) is 2.74. The van der Waals surface area contributed by atoms with Gasteiger partial charge in [-0.1, -0.05) is 37.3 Å². The Kier molecular flexibility index (Phi) is 5.91. The third-order valence-electron chi connectivity index (χ3n) is 2.74. The number of aliphatic carboxylic acids is 1. The van der Waals surface area contributed by atoms with Crippen LogP contribution in [-0.2, 0) is 9.59 Å². The van der Waals surface area contributed by atoms with Crippen LogP contribution in [0.25, 0.3) is 0 Å². The van der Waals surface area contributed by atoms with E-state index in [9.17, 15) is 9.59 Å². The monoisotopic (exact) mass is 249 g/mol. The van der Waals surface area contributed by atoms with E-state index in [-0.39, 0.29) is 24.8 Å². The van der Waals surface area contributed by atoms with Crippen LogP contribution in [0.15, 0.2) is 30.3 Å². The first kappa shape index (κ1) is 14.2. The Morgan fingerprint density at radius 3 is 2.44 bits per heavy atom. The summed E-state index contributed by atoms with van der Waals surface area (Å²) >= 11 is 0. The number of hydrogen-bond donors (Lipinski definition) is 2. The first-order valence-corrected chi connectivity index (χ1v) is 6.19. The van der Waals surface area contributed by atoms with E-state index in [1.54, 1.807) is 0 Å². The second kappa shape index (κ2) is 7.48. The fourth-order valence-electron chi connectivity index (χ4n) is 1.77. The molecular weight excluding hydrogens is 230 g/mol. The Morgan fingerprint density at radius 2 is 1.89 bits per heavy atom. The first-order chi connectivity index (χ1) is 8.63. The predicted octanol–water partition coefficient (Wildman–Crippen LogP) is 2.51. The molecule has 0 spiro atoms. The van der Waals surface area contributed by atoms with Crippen molar-refractivity contribution in [2.75, 3.05) is 0 Å². The summed E-state index contributed by atoms with van der Waals surface area (Å²) in [5.74, 6) is -0.954. The summed E-state index contributed by atoms with van der Waals surface area (Å²) in [6.45, 7) is 2.01. The molecule has 1 aromatic carbocycles. The summed E-state index contributed by atoms with van der Waals surface area (Å²) in [7, 11) is 0. The fourth-order valence-corrected chi connectivity index (χ4v) is 1.77. The molecule has 1 aromatic rings. The maximum atomic E-state index is 11.7. The zero-order valence-electron chi connectivity index (χ0n) is 10.6. The summed E-state index contributed by atoms with van der Waals surface area (Å²) in [4.78, 5) is 22.0. The minimum Gasteiger partial charge on any atom is -0.481 e. The van der Waals surface area contributed by atoms with E-state index in [0.717, 1.165) is 12.0 Å². The van der Waals surface area contributed by atoms with Gasteiger partial charge in [0.1, 0.15) is 0 Å². The Labute approximate surface area is 107 Å². The highest BCUT2D eigenvalue weighted by Gasteiger charge is 2.12. The van der Waals surface area contributed by atoms with Crippen LogP contribution in [0.4, 0.5) is 0 Å². The van der Waals surface area contributed by atoms with Crippen LogP contribution >= 0.6 is 0 Å². The van der Waals surface area contributed by atoms with Gasteiger partial charge in [0.2, 0.25) is 5.91 Å². The lowest BCUT2D eigenvalue weighted by molar-refractivity contribution is -0.137. The SMILES string of the molecule is CC[C@@H](NC(=O)CCCC(=O)O)c1ccccc1. The van der Waals surface area contributed by atoms with Gasteiger partial charge in [0, 0.05) is 12.8 Å². The van der Waals surface area contributed by atoms with Crippen LogP contribution in [0.2, 0.25) is 0 Å². The van der Waals surface area contributed by atoms with Gasteiger partial charge in [0.15, 0.2) is 0 Å². The molecule has 0 saturated carbocycles. The van der Waals surface area contributed by atoms with Gasteiger partial charge in [0.05, 0.1) is 6.04 Å². The highest BCUT2D eigenvalue weighted by atomic mass is 16.4. The van der Waals surface area contributed by atoms with E-state index in [2.05, 4.69) is 5.32 Å². The number of rotatable bonds is 7. The molecule has 0 aliphatic heterocycles. The number of carbonyl (C=O) groups excluding carboxylic acids is 1. The van der Waals surface area contributed by atoms with E-state index in [4.69, 9.17) is 5.11 Å². The van der Waals surface area contributed by atoms with Crippen molar-refractivity contribution in [3.05, 3.63) is 35.9 Å². The van der Waals surface area contributed by atoms with Gasteiger partial charge in [-0.05, 0) is 18.4 Å². The topological polar surface area (TPSA) is 66.4 Å². The molecule has 1 rings (SSSR count). The lowest BCUT2D eigenvalue weighted by atomic mass is 10.0. The molecule has 4 nitrogen and oxygen atoms in total. The van der Waals surface area contributed by atoms with Crippen molar-refractivity contribution in [3.63, 3.8) is 0 Å². The number of carboxylic acids is 1. The maximum Gasteiger partial charge on any atom is 0.303 e. The maximum absolute atomic E-state index is 11.7. The molecule has 1 atom stereocenters. The van der Waals surface area contributed by atoms with Gasteiger partial charge in [-0.2, -0.15) is 0 Å². The van der Waals surface area contributed by atoms with Gasteiger partial charge >= 0.3 is 5.97 Å². The highest BCUT2D eigenvalue weighted by Crippen LogP contribution is 2.16. The van der Waals surface area contributed by atoms with Gasteiger partial charge in [-0.3, -0.25) is 9.59 Å². The number of hydrogen-bond acceptors (Lipinski definition) is 2. The molecular formula is C14H19NO3. The molecule has 0 bridgehead atoms. The number of carboxylic acid groups (broad SMARTS) is 1. The quantitative estimate of drug-likeness (QED) is 0.780. The summed E-state index contributed by atoms with van der Waals surface area (Å²) in [6, 6.07) is 9.77. The van der Waals surface area contributed by atoms with Crippen LogP contribution in [0, 0.1) is 0 Å². The van der Waals surface area contributed by atoms with Crippen LogP contribution in [0.5, 0.6) is 0 Å². The van der Waals surface area contributed by atoms with Crippen LogP contribution in [0.1, 0.15) is 44.2 Å². The second-order valence-electron chi connectivity index (χ2n) is 4.19. The number of nitrogens with one attached hydrogen (secondary N) is 1. The fraction of sp³-hybridized carbons (Fsp3) is 0.429. The summed E-state index contributed by atoms with van der Waals surface area (Å²) in [6.07, 6.45) is 1.49. The minimum absolute atomic E-state index is 0.00327. The van der Waals surface area contributed by atoms with Crippen molar-refractivity contribution < 1.29 is 14.7 Å². The molecule has 4 heteroatoms. The molecule has 2 N–H and O–H groups in total. The summed E-state index contributed by atoms with van der Waals surface area (Å²) in [5, 5.41) is 11.4. The molecule has 0 aliphatic carbocycles. The molecule has 98 valence electrons. The third kappa shape index (κ3) is 4.99. The molecule has 0 aliphatic rings. The van der Waals surface area contributed by atoms with E-state index >= 15 is 0 Å². The van der Waals surface area contributed by atoms with E-state index in [0.29, 0.717) is 6.42 Å². The van der Waals surface area contributed by atoms with Crippen LogP contribution < -0.4 is 5.32 Å². The Balaban J connectivity index is 2.44. The molecule has 1 amide bonds. The Morgan fingerprint density at radius 1 is 1.22 bits per heavy atom. The van der Waals surface area contributed by atoms with Crippen molar-refractivity contribution in [2.45, 2.75) is 38.6 Å². The van der Waals surface area contributed by atoms with Crippen LogP contribution in [-0.4, -0.2) is 17.0 Å². The predicted molar refractivity (Wildman–Crippen MR) is 69.1 cm³/mol. The van der Waals surface area contributed by atoms with Gasteiger partial charge in [0.25, 0.3) is 0 Å². The summed E-state index contributed by atoms with van der Waals surface area (Å²) in [5.41, 5.74) is 1.08. The normalized spacial score (nSPS) is 11.8. The molecule has 0 fully saturated rings. The molecule has 0 unspecified atom stereocenters. The Hall–Kier alpha value is -1.84. The van der Waals surface area contributed by atoms with Crippen LogP contribution in [0.3, 0.4) is 0 Å². The van der Waals surface area contributed by atoms with Gasteiger partial charge in [-0.25, -0.2) is 0 Å². The van der Waals surface area contributed by atoms with E-state index < -0.39 is 5.97 Å². The smallest absolute Gasteiger partial charge is 0.303 e. The number of carbonyl (C=O) groups is 2. The molecule has 18 heavy (non-hydrogen) atoms. The van der Waals surface area contributed by atoms with Crippen molar-refractivity contribution in [1.82, 2.24) is 5.32 Å². The lowest BCUT2D eigenvalue weighted by Gasteiger charge is -2.17. The second-order valence-corrected chi connectivity index (χ2v) is 4.19. The number of amides is 1. The van der Waals surface area contributed by atoms with Crippen molar-refractivity contribution in [3.8, 4) is 0 Å². The lowest BCUT2D eigenvalue weighted by Crippen LogP contribution is -2.27. The molecule has 0 saturated heterocycles. The van der Waals surface area contributed by atoms with Crippen molar-refractivity contribution in [2.24, 2.45) is 0 Å². The van der Waals surface area contributed by atoms with E-state index in [1.807, 2.05) is 37.3 Å². The Bertz CT molecular complexity index is 389. The first-order valence-electron chi connectivity index (χ1n) is 6.19.